The van der Waals surface area contributed by atoms with Gasteiger partial charge in [0.2, 0.25) is 0 Å². The summed E-state index contributed by atoms with van der Waals surface area (Å²) in [6.07, 6.45) is 3.37. The van der Waals surface area contributed by atoms with Crippen LogP contribution in [0.25, 0.3) is 11.8 Å². The lowest BCUT2D eigenvalue weighted by atomic mass is 10.1. The van der Waals surface area contributed by atoms with Gasteiger partial charge in [0.05, 0.1) is 5.70 Å². The number of nitrogens with two attached hydrogens (primary N) is 1. The van der Waals surface area contributed by atoms with E-state index in [1.807, 2.05) is 61.5 Å². The number of nitrogens with one attached hydrogen (secondary N) is 1. The van der Waals surface area contributed by atoms with Crippen LogP contribution in [-0.2, 0) is 4.79 Å². The molecule has 0 heterocycles. The molecule has 1 amide bonds. The summed E-state index contributed by atoms with van der Waals surface area (Å²) in [7, 11) is 0. The first kappa shape index (κ1) is 16.2. The molecule has 0 saturated carbocycles. The molecular weight excluding hydrogens is 286 g/mol. The van der Waals surface area contributed by atoms with Crippen LogP contribution in [0.3, 0.4) is 0 Å². The van der Waals surface area contributed by atoms with Crippen molar-refractivity contribution in [3.05, 3.63) is 83.9 Å². The zero-order chi connectivity index (χ0) is 16.7. The van der Waals surface area contributed by atoms with Gasteiger partial charge in [-0.3, -0.25) is 10.2 Å². The van der Waals surface area contributed by atoms with E-state index in [0.29, 0.717) is 5.70 Å². The zero-order valence-electron chi connectivity index (χ0n) is 13.0. The molecule has 0 atom stereocenters. The summed E-state index contributed by atoms with van der Waals surface area (Å²) in [5.41, 5.74) is 11.9. The molecular formula is C19H19N3O. The van der Waals surface area contributed by atoms with E-state index in [2.05, 4.69) is 17.1 Å². The van der Waals surface area contributed by atoms with Gasteiger partial charge in [-0.25, -0.2) is 0 Å². The fourth-order valence-corrected chi connectivity index (χ4v) is 1.86. The number of hydrazone groups is 1. The topological polar surface area (TPSA) is 67.5 Å². The van der Waals surface area contributed by atoms with Gasteiger partial charge in [0.15, 0.2) is 0 Å². The standard InChI is InChI=1S/C19H19N3O/c1-14-8-10-16(11-9-14)12-13-18(19(20)23)22-21-15(2)17-6-4-3-5-7-17/h3-13,21H,2H2,1H3,(H2,20,23)/b13-12+,22-18-. The predicted molar refractivity (Wildman–Crippen MR) is 95.5 cm³/mol. The van der Waals surface area contributed by atoms with Crippen molar-refractivity contribution in [3.8, 4) is 0 Å². The zero-order valence-corrected chi connectivity index (χ0v) is 13.0. The summed E-state index contributed by atoms with van der Waals surface area (Å²) >= 11 is 0. The Balaban J connectivity index is 2.10. The molecule has 0 aliphatic heterocycles. The Labute approximate surface area is 136 Å². The Morgan fingerprint density at radius 3 is 2.39 bits per heavy atom. The van der Waals surface area contributed by atoms with Gasteiger partial charge in [0, 0.05) is 0 Å². The Morgan fingerprint density at radius 1 is 1.13 bits per heavy atom. The van der Waals surface area contributed by atoms with E-state index in [9.17, 15) is 4.79 Å². The summed E-state index contributed by atoms with van der Waals surface area (Å²) in [6.45, 7) is 5.91. The maximum absolute atomic E-state index is 11.5. The highest BCUT2D eigenvalue weighted by atomic mass is 16.1. The quantitative estimate of drug-likeness (QED) is 0.636. The van der Waals surface area contributed by atoms with E-state index in [-0.39, 0.29) is 5.71 Å². The summed E-state index contributed by atoms with van der Waals surface area (Å²) in [6, 6.07) is 17.4. The number of hydrogen-bond acceptors (Lipinski definition) is 3. The molecule has 2 aromatic rings. The first-order valence-electron chi connectivity index (χ1n) is 7.19. The van der Waals surface area contributed by atoms with Crippen molar-refractivity contribution >= 4 is 23.4 Å². The number of aryl methyl sites for hydroxylation is 1. The minimum atomic E-state index is -0.610. The lowest BCUT2D eigenvalue weighted by Crippen LogP contribution is -2.23. The average molecular weight is 305 g/mol. The lowest BCUT2D eigenvalue weighted by Gasteiger charge is -2.05. The predicted octanol–water partition coefficient (Wildman–Crippen LogP) is 3.11. The number of carbonyl (C=O) groups excluding carboxylic acids is 1. The number of primary amides is 1. The van der Waals surface area contributed by atoms with Gasteiger partial charge < -0.3 is 5.73 Å². The SMILES string of the molecule is C=C(N/N=C(/C=C/c1ccc(C)cc1)C(N)=O)c1ccccc1. The molecule has 0 unspecified atom stereocenters. The highest BCUT2D eigenvalue weighted by molar-refractivity contribution is 6.43. The maximum atomic E-state index is 11.5. The van der Waals surface area contributed by atoms with Crippen LogP contribution in [0.5, 0.6) is 0 Å². The van der Waals surface area contributed by atoms with Gasteiger partial charge in [0.25, 0.3) is 5.91 Å². The molecule has 0 aliphatic carbocycles. The van der Waals surface area contributed by atoms with Crippen molar-refractivity contribution < 1.29 is 4.79 Å². The number of amides is 1. The van der Waals surface area contributed by atoms with Crippen LogP contribution in [0.1, 0.15) is 16.7 Å². The van der Waals surface area contributed by atoms with E-state index >= 15 is 0 Å². The van der Waals surface area contributed by atoms with Crippen molar-refractivity contribution in [1.82, 2.24) is 5.43 Å². The highest BCUT2D eigenvalue weighted by Crippen LogP contribution is 2.08. The molecule has 2 rings (SSSR count). The van der Waals surface area contributed by atoms with Crippen LogP contribution in [0.4, 0.5) is 0 Å². The third kappa shape index (κ3) is 4.97. The van der Waals surface area contributed by atoms with E-state index < -0.39 is 5.91 Å². The molecule has 23 heavy (non-hydrogen) atoms. The summed E-state index contributed by atoms with van der Waals surface area (Å²) in [5, 5.41) is 4.04. The molecule has 0 aliphatic rings. The van der Waals surface area contributed by atoms with Gasteiger partial charge >= 0.3 is 0 Å². The molecule has 0 spiro atoms. The van der Waals surface area contributed by atoms with Crippen LogP contribution in [0.15, 0.2) is 72.4 Å². The second-order valence-electron chi connectivity index (χ2n) is 5.06. The third-order valence-electron chi connectivity index (χ3n) is 3.20. The van der Waals surface area contributed by atoms with Crippen molar-refractivity contribution in [1.29, 1.82) is 0 Å². The molecule has 116 valence electrons. The normalized spacial score (nSPS) is 11.4. The monoisotopic (exact) mass is 305 g/mol. The van der Waals surface area contributed by atoms with Crippen LogP contribution >= 0.6 is 0 Å². The third-order valence-corrected chi connectivity index (χ3v) is 3.20. The number of hydrogen-bond donors (Lipinski definition) is 2. The van der Waals surface area contributed by atoms with Crippen molar-refractivity contribution in [2.24, 2.45) is 10.8 Å². The first-order chi connectivity index (χ1) is 11.1. The number of rotatable bonds is 6. The van der Waals surface area contributed by atoms with Crippen molar-refractivity contribution in [2.75, 3.05) is 0 Å². The smallest absolute Gasteiger partial charge is 0.269 e. The van der Waals surface area contributed by atoms with Crippen molar-refractivity contribution in [2.45, 2.75) is 6.92 Å². The molecule has 0 saturated heterocycles. The lowest BCUT2D eigenvalue weighted by molar-refractivity contribution is -0.111. The van der Waals surface area contributed by atoms with Gasteiger partial charge in [-0.2, -0.15) is 5.10 Å². The summed E-state index contributed by atoms with van der Waals surface area (Å²) < 4.78 is 0. The molecule has 0 bridgehead atoms. The first-order valence-corrected chi connectivity index (χ1v) is 7.19. The molecule has 3 N–H and O–H groups in total. The van der Waals surface area contributed by atoms with Gasteiger partial charge in [0.1, 0.15) is 5.71 Å². The number of nitrogens with zero attached hydrogens (tertiary/aromatic N) is 1. The van der Waals surface area contributed by atoms with E-state index in [4.69, 9.17) is 5.73 Å². The number of carbonyl (C=O) groups is 1. The fourth-order valence-electron chi connectivity index (χ4n) is 1.86. The van der Waals surface area contributed by atoms with Gasteiger partial charge in [-0.05, 0) is 24.1 Å². The van der Waals surface area contributed by atoms with Crippen LogP contribution in [0, 0.1) is 6.92 Å². The Kier molecular flexibility index (Phi) is 5.47. The Morgan fingerprint density at radius 2 is 1.78 bits per heavy atom. The van der Waals surface area contributed by atoms with E-state index in [1.54, 1.807) is 12.2 Å². The van der Waals surface area contributed by atoms with Crippen LogP contribution in [-0.4, -0.2) is 11.6 Å². The van der Waals surface area contributed by atoms with Crippen LogP contribution in [0.2, 0.25) is 0 Å². The van der Waals surface area contributed by atoms with Gasteiger partial charge in [-0.1, -0.05) is 72.8 Å². The highest BCUT2D eigenvalue weighted by Gasteiger charge is 2.03. The Hall–Kier alpha value is -3.14. The maximum Gasteiger partial charge on any atom is 0.269 e. The molecule has 0 aromatic heterocycles. The summed E-state index contributed by atoms with van der Waals surface area (Å²) in [5.74, 6) is -0.610. The van der Waals surface area contributed by atoms with Gasteiger partial charge in [-0.15, -0.1) is 0 Å². The van der Waals surface area contributed by atoms with Crippen LogP contribution < -0.4 is 11.2 Å². The minimum absolute atomic E-state index is 0.127. The fraction of sp³-hybridized carbons (Fsp3) is 0.0526. The second kappa shape index (κ2) is 7.75. The largest absolute Gasteiger partial charge is 0.364 e. The second-order valence-corrected chi connectivity index (χ2v) is 5.06. The summed E-state index contributed by atoms with van der Waals surface area (Å²) in [4.78, 5) is 11.5. The van der Waals surface area contributed by atoms with E-state index in [1.165, 1.54) is 5.56 Å². The molecule has 4 heteroatoms. The molecule has 0 radical (unpaired) electrons. The average Bonchev–Trinajstić information content (AvgIpc) is 2.56. The minimum Gasteiger partial charge on any atom is -0.364 e. The molecule has 4 nitrogen and oxygen atoms in total. The molecule has 2 aromatic carbocycles. The molecule has 0 fully saturated rings. The van der Waals surface area contributed by atoms with Crippen molar-refractivity contribution in [3.63, 3.8) is 0 Å². The Bertz CT molecular complexity index is 744. The van der Waals surface area contributed by atoms with E-state index in [0.717, 1.165) is 11.1 Å². The number of benzene rings is 2.